The Hall–Kier alpha value is -2.83. The highest BCUT2D eigenvalue weighted by Gasteiger charge is 2.20. The maximum Gasteiger partial charge on any atom is 0.225 e. The Kier molecular flexibility index (Phi) is 5.60. The topological polar surface area (TPSA) is 82.5 Å². The number of anilines is 1. The van der Waals surface area contributed by atoms with E-state index in [2.05, 4.69) is 10.4 Å². The maximum atomic E-state index is 12.5. The second-order valence-electron chi connectivity index (χ2n) is 7.28. The first-order valence-corrected chi connectivity index (χ1v) is 9.97. The Morgan fingerprint density at radius 2 is 1.82 bits per heavy atom. The van der Waals surface area contributed by atoms with E-state index in [4.69, 9.17) is 9.47 Å². The van der Waals surface area contributed by atoms with Crippen molar-refractivity contribution in [1.29, 1.82) is 0 Å². The minimum absolute atomic E-state index is 0.0899. The van der Waals surface area contributed by atoms with E-state index >= 15 is 0 Å². The molecule has 0 spiro atoms. The zero-order chi connectivity index (χ0) is 19.3. The van der Waals surface area contributed by atoms with E-state index in [1.165, 1.54) is 19.3 Å². The zero-order valence-corrected chi connectivity index (χ0v) is 15.9. The number of ketones is 1. The van der Waals surface area contributed by atoms with Crippen LogP contribution in [0, 0.1) is 0 Å². The summed E-state index contributed by atoms with van der Waals surface area (Å²) in [7, 11) is 0. The highest BCUT2D eigenvalue weighted by molar-refractivity contribution is 6.00. The molecule has 28 heavy (non-hydrogen) atoms. The molecule has 0 unspecified atom stereocenters. The Morgan fingerprint density at radius 3 is 2.64 bits per heavy atom. The number of benzene rings is 1. The van der Waals surface area contributed by atoms with Crippen LogP contribution < -0.4 is 14.8 Å². The summed E-state index contributed by atoms with van der Waals surface area (Å²) in [5, 5.41) is 7.30. The molecule has 0 radical (unpaired) electrons. The maximum absolute atomic E-state index is 12.5. The Labute approximate surface area is 164 Å². The molecule has 0 bridgehead atoms. The molecule has 1 aromatic heterocycles. The fourth-order valence-electron chi connectivity index (χ4n) is 3.82. The highest BCUT2D eigenvalue weighted by atomic mass is 16.6. The lowest BCUT2D eigenvalue weighted by Gasteiger charge is -2.23. The second kappa shape index (κ2) is 8.46. The van der Waals surface area contributed by atoms with Crippen LogP contribution in [0.2, 0.25) is 0 Å². The van der Waals surface area contributed by atoms with E-state index in [1.807, 2.05) is 10.7 Å². The molecule has 4 rings (SSSR count). The van der Waals surface area contributed by atoms with Crippen LogP contribution in [0.4, 0.5) is 5.82 Å². The number of Topliss-reactive ketones (excluding diaryl/α,β-unsaturated/α-hetero) is 1. The number of hydrogen-bond donors (Lipinski definition) is 1. The van der Waals surface area contributed by atoms with Crippen molar-refractivity contribution >= 4 is 17.5 Å². The van der Waals surface area contributed by atoms with Gasteiger partial charge in [-0.25, -0.2) is 4.68 Å². The highest BCUT2D eigenvalue weighted by Crippen LogP contribution is 2.31. The van der Waals surface area contributed by atoms with Gasteiger partial charge in [-0.1, -0.05) is 19.3 Å². The number of hydrogen-bond acceptors (Lipinski definition) is 5. The first-order chi connectivity index (χ1) is 13.7. The molecular weight excluding hydrogens is 358 g/mol. The molecule has 1 amide bonds. The van der Waals surface area contributed by atoms with E-state index in [1.54, 1.807) is 24.4 Å². The van der Waals surface area contributed by atoms with Crippen molar-refractivity contribution in [1.82, 2.24) is 9.78 Å². The van der Waals surface area contributed by atoms with Crippen LogP contribution in [0.3, 0.4) is 0 Å². The van der Waals surface area contributed by atoms with Gasteiger partial charge < -0.3 is 14.8 Å². The average molecular weight is 383 g/mol. The van der Waals surface area contributed by atoms with Gasteiger partial charge in [0.1, 0.15) is 19.0 Å². The molecule has 1 aliphatic heterocycles. The van der Waals surface area contributed by atoms with Gasteiger partial charge in [-0.15, -0.1) is 0 Å². The molecule has 7 nitrogen and oxygen atoms in total. The fraction of sp³-hybridized carbons (Fsp3) is 0.476. The quantitative estimate of drug-likeness (QED) is 0.768. The summed E-state index contributed by atoms with van der Waals surface area (Å²) in [5.41, 5.74) is 0.532. The zero-order valence-electron chi connectivity index (χ0n) is 15.9. The van der Waals surface area contributed by atoms with E-state index in [-0.39, 0.29) is 24.5 Å². The van der Waals surface area contributed by atoms with Crippen LogP contribution in [0.25, 0.3) is 0 Å². The Balaban J connectivity index is 1.32. The summed E-state index contributed by atoms with van der Waals surface area (Å²) >= 11 is 0. The summed E-state index contributed by atoms with van der Waals surface area (Å²) in [6.07, 6.45) is 7.82. The Bertz CT molecular complexity index is 855. The molecule has 1 saturated carbocycles. The molecule has 148 valence electrons. The van der Waals surface area contributed by atoms with Gasteiger partial charge in [0.25, 0.3) is 0 Å². The predicted molar refractivity (Wildman–Crippen MR) is 104 cm³/mol. The van der Waals surface area contributed by atoms with Crippen LogP contribution in [0.5, 0.6) is 11.5 Å². The molecule has 0 saturated heterocycles. The van der Waals surface area contributed by atoms with Gasteiger partial charge in [0.2, 0.25) is 5.91 Å². The van der Waals surface area contributed by atoms with Crippen LogP contribution in [-0.2, 0) is 4.79 Å². The van der Waals surface area contributed by atoms with Gasteiger partial charge in [0.15, 0.2) is 17.3 Å². The third kappa shape index (κ3) is 4.18. The first-order valence-electron chi connectivity index (χ1n) is 9.97. The number of ether oxygens (including phenoxy) is 2. The van der Waals surface area contributed by atoms with Crippen molar-refractivity contribution in [2.75, 3.05) is 18.5 Å². The number of amides is 1. The number of nitrogens with zero attached hydrogens (tertiary/aromatic N) is 2. The van der Waals surface area contributed by atoms with Crippen LogP contribution in [-0.4, -0.2) is 34.7 Å². The summed E-state index contributed by atoms with van der Waals surface area (Å²) in [6, 6.07) is 7.30. The summed E-state index contributed by atoms with van der Waals surface area (Å²) in [5.74, 6) is 1.68. The third-order valence-corrected chi connectivity index (χ3v) is 5.30. The number of fused-ring (bicyclic) bond motifs is 1. The minimum atomic E-state index is -0.177. The molecule has 1 fully saturated rings. The van der Waals surface area contributed by atoms with Crippen molar-refractivity contribution in [2.45, 2.75) is 51.0 Å². The number of carbonyl (C=O) groups excluding carboxylic acids is 2. The van der Waals surface area contributed by atoms with Crippen LogP contribution in [0.1, 0.15) is 61.3 Å². The van der Waals surface area contributed by atoms with Crippen LogP contribution >= 0.6 is 0 Å². The minimum Gasteiger partial charge on any atom is -0.486 e. The van der Waals surface area contributed by atoms with E-state index in [9.17, 15) is 9.59 Å². The SMILES string of the molecule is O=C(CCC(=O)c1ccc2c(c1)OCCO2)Nc1ccnn1C1CCCCC1. The molecule has 0 atom stereocenters. The summed E-state index contributed by atoms with van der Waals surface area (Å²) in [6.45, 7) is 0.986. The van der Waals surface area contributed by atoms with Gasteiger partial charge >= 0.3 is 0 Å². The largest absolute Gasteiger partial charge is 0.486 e. The van der Waals surface area contributed by atoms with Crippen molar-refractivity contribution < 1.29 is 19.1 Å². The van der Waals surface area contributed by atoms with Gasteiger partial charge in [0, 0.05) is 24.5 Å². The molecule has 1 aliphatic carbocycles. The predicted octanol–water partition coefficient (Wildman–Crippen LogP) is 3.76. The lowest BCUT2D eigenvalue weighted by molar-refractivity contribution is -0.116. The van der Waals surface area contributed by atoms with Crippen LogP contribution in [0.15, 0.2) is 30.5 Å². The first kappa shape index (κ1) is 18.5. The van der Waals surface area contributed by atoms with Gasteiger partial charge in [-0.2, -0.15) is 5.10 Å². The molecule has 7 heteroatoms. The lowest BCUT2D eigenvalue weighted by atomic mass is 9.96. The lowest BCUT2D eigenvalue weighted by Crippen LogP contribution is -2.20. The molecule has 2 aromatic rings. The molecule has 1 N–H and O–H groups in total. The number of nitrogens with one attached hydrogen (secondary N) is 1. The Morgan fingerprint density at radius 1 is 1.04 bits per heavy atom. The van der Waals surface area contributed by atoms with E-state index < -0.39 is 0 Å². The molecule has 2 heterocycles. The third-order valence-electron chi connectivity index (χ3n) is 5.30. The fourth-order valence-corrected chi connectivity index (χ4v) is 3.82. The summed E-state index contributed by atoms with van der Waals surface area (Å²) in [4.78, 5) is 24.8. The smallest absolute Gasteiger partial charge is 0.225 e. The van der Waals surface area contributed by atoms with Crippen molar-refractivity contribution in [3.05, 3.63) is 36.0 Å². The van der Waals surface area contributed by atoms with Crippen molar-refractivity contribution in [3.63, 3.8) is 0 Å². The van der Waals surface area contributed by atoms with Crippen molar-refractivity contribution in [3.8, 4) is 11.5 Å². The van der Waals surface area contributed by atoms with E-state index in [0.717, 1.165) is 12.8 Å². The van der Waals surface area contributed by atoms with Gasteiger partial charge in [0.05, 0.1) is 12.2 Å². The molecule has 1 aromatic carbocycles. The second-order valence-corrected chi connectivity index (χ2v) is 7.28. The van der Waals surface area contributed by atoms with Gasteiger partial charge in [-0.05, 0) is 31.0 Å². The number of rotatable bonds is 6. The van der Waals surface area contributed by atoms with Crippen molar-refractivity contribution in [2.24, 2.45) is 0 Å². The molecule has 2 aliphatic rings. The van der Waals surface area contributed by atoms with E-state index in [0.29, 0.717) is 42.1 Å². The summed E-state index contributed by atoms with van der Waals surface area (Å²) < 4.78 is 12.9. The average Bonchev–Trinajstić information content (AvgIpc) is 3.20. The molecular formula is C21H25N3O4. The monoisotopic (exact) mass is 383 g/mol. The number of carbonyl (C=O) groups is 2. The van der Waals surface area contributed by atoms with Gasteiger partial charge in [-0.3, -0.25) is 9.59 Å². The standard InChI is InChI=1S/C21H25N3O4/c25-17(15-6-8-18-19(14-15)28-13-12-27-18)7-9-21(26)23-20-10-11-22-24(20)16-4-2-1-3-5-16/h6,8,10-11,14,16H,1-5,7,9,12-13H2,(H,23,26). The number of aromatic nitrogens is 2. The normalized spacial score (nSPS) is 16.6.